The molecule has 2 aromatic carbocycles. The summed E-state index contributed by atoms with van der Waals surface area (Å²) in [6.45, 7) is 5.25. The maximum atomic E-state index is 14.9. The molecule has 1 amide bonds. The van der Waals surface area contributed by atoms with E-state index in [1.54, 1.807) is 13.0 Å². The minimum absolute atomic E-state index is 0.0131. The van der Waals surface area contributed by atoms with Crippen molar-refractivity contribution in [2.45, 2.75) is 45.1 Å². The molecule has 2 aromatic rings. The summed E-state index contributed by atoms with van der Waals surface area (Å²) in [6.07, 6.45) is 3.06. The van der Waals surface area contributed by atoms with Gasteiger partial charge in [0.1, 0.15) is 17.9 Å². The number of hydrogen-bond donors (Lipinski definition) is 0. The number of hydrogen-bond acceptors (Lipinski definition) is 3. The molecule has 3 aliphatic rings. The van der Waals surface area contributed by atoms with Crippen molar-refractivity contribution in [2.24, 2.45) is 5.92 Å². The van der Waals surface area contributed by atoms with Crippen LogP contribution >= 0.6 is 0 Å². The van der Waals surface area contributed by atoms with Crippen molar-refractivity contribution in [1.82, 2.24) is 4.90 Å². The average molecular weight is 395 g/mol. The highest BCUT2D eigenvalue weighted by Gasteiger charge is 2.42. The number of rotatable bonds is 4. The summed E-state index contributed by atoms with van der Waals surface area (Å²) in [6, 6.07) is 10.1. The third-order valence-corrected chi connectivity index (χ3v) is 6.40. The molecule has 1 saturated carbocycles. The molecule has 2 heterocycles. The fourth-order valence-electron chi connectivity index (χ4n) is 4.40. The van der Waals surface area contributed by atoms with Crippen LogP contribution in [0.2, 0.25) is 0 Å². The molecule has 29 heavy (non-hydrogen) atoms. The lowest BCUT2D eigenvalue weighted by atomic mass is 9.96. The Morgan fingerprint density at radius 3 is 2.69 bits per heavy atom. The Morgan fingerprint density at radius 2 is 1.97 bits per heavy atom. The number of carbonyl (C=O) groups is 1. The van der Waals surface area contributed by atoms with Crippen LogP contribution in [0.5, 0.6) is 11.5 Å². The van der Waals surface area contributed by atoms with E-state index in [0.717, 1.165) is 19.3 Å². The number of aryl methyl sites for hydroxylation is 2. The molecule has 0 N–H and O–H groups in total. The molecular weight excluding hydrogens is 369 g/mol. The van der Waals surface area contributed by atoms with Crippen LogP contribution in [-0.2, 0) is 0 Å². The zero-order valence-electron chi connectivity index (χ0n) is 16.9. The maximum Gasteiger partial charge on any atom is 0.261 e. The Hall–Kier alpha value is -2.56. The van der Waals surface area contributed by atoms with Gasteiger partial charge in [0.2, 0.25) is 0 Å². The lowest BCUT2D eigenvalue weighted by Crippen LogP contribution is -2.37. The third-order valence-electron chi connectivity index (χ3n) is 6.40. The van der Waals surface area contributed by atoms with Gasteiger partial charge in [-0.15, -0.1) is 0 Å². The fraction of sp³-hybridized carbons (Fsp3) is 0.458. The minimum Gasteiger partial charge on any atom is -0.490 e. The normalized spacial score (nSPS) is 23.3. The quantitative estimate of drug-likeness (QED) is 0.758. The molecule has 0 radical (unpaired) electrons. The number of amides is 1. The second-order valence-corrected chi connectivity index (χ2v) is 8.73. The maximum absolute atomic E-state index is 14.9. The van der Waals surface area contributed by atoms with E-state index in [2.05, 4.69) is 31.2 Å². The highest BCUT2D eigenvalue weighted by molar-refractivity contribution is 6.00. The van der Waals surface area contributed by atoms with Crippen molar-refractivity contribution in [1.29, 1.82) is 0 Å². The van der Waals surface area contributed by atoms with Gasteiger partial charge in [0, 0.05) is 12.5 Å². The standard InChI is InChI=1S/C24H26FNO3/c1-14-3-7-17(8-4-14)18-10-19-13-28-20-9-15(2)22(25)23(29-12-16-5-6-16)21(20)24(27)26(19)11-18/h3-4,7-9,16,18-19H,5-6,10-13H2,1-2H3/t18-,19+/m0/s1. The highest BCUT2D eigenvalue weighted by atomic mass is 19.1. The van der Waals surface area contributed by atoms with Crippen molar-refractivity contribution >= 4 is 5.91 Å². The summed E-state index contributed by atoms with van der Waals surface area (Å²) in [5.74, 6) is 0.617. The van der Waals surface area contributed by atoms with Crippen molar-refractivity contribution < 1.29 is 18.7 Å². The second kappa shape index (κ2) is 7.05. The number of halogens is 1. The largest absolute Gasteiger partial charge is 0.490 e. The molecule has 1 saturated heterocycles. The SMILES string of the molecule is Cc1ccc([C@H]2C[C@@H]3COc4cc(C)c(F)c(OCC5CC5)c4C(=O)N3C2)cc1. The molecule has 0 bridgehead atoms. The summed E-state index contributed by atoms with van der Waals surface area (Å²) < 4.78 is 26.8. The molecule has 0 unspecified atom stereocenters. The number of nitrogens with zero attached hydrogens (tertiary/aromatic N) is 1. The van der Waals surface area contributed by atoms with E-state index >= 15 is 0 Å². The van der Waals surface area contributed by atoms with E-state index in [1.165, 1.54) is 11.1 Å². The molecule has 0 aromatic heterocycles. The number of carbonyl (C=O) groups excluding carboxylic acids is 1. The Balaban J connectivity index is 1.47. The van der Waals surface area contributed by atoms with Gasteiger partial charge in [-0.2, -0.15) is 0 Å². The Kier molecular flexibility index (Phi) is 4.49. The Morgan fingerprint density at radius 1 is 1.21 bits per heavy atom. The summed E-state index contributed by atoms with van der Waals surface area (Å²) in [7, 11) is 0. The van der Waals surface area contributed by atoms with E-state index < -0.39 is 5.82 Å². The molecule has 2 fully saturated rings. The van der Waals surface area contributed by atoms with E-state index in [4.69, 9.17) is 9.47 Å². The summed E-state index contributed by atoms with van der Waals surface area (Å²) in [5, 5.41) is 0. The van der Waals surface area contributed by atoms with Crippen LogP contribution in [-0.4, -0.2) is 36.6 Å². The minimum atomic E-state index is -0.450. The van der Waals surface area contributed by atoms with Crippen LogP contribution in [0.4, 0.5) is 4.39 Å². The first kappa shape index (κ1) is 18.5. The van der Waals surface area contributed by atoms with Crippen LogP contribution in [0.1, 0.15) is 52.2 Å². The summed E-state index contributed by atoms with van der Waals surface area (Å²) in [5.41, 5.74) is 3.15. The smallest absolute Gasteiger partial charge is 0.261 e. The zero-order valence-corrected chi connectivity index (χ0v) is 16.9. The van der Waals surface area contributed by atoms with Crippen LogP contribution in [0.3, 0.4) is 0 Å². The fourth-order valence-corrected chi connectivity index (χ4v) is 4.40. The molecule has 4 nitrogen and oxygen atoms in total. The van der Waals surface area contributed by atoms with Gasteiger partial charge >= 0.3 is 0 Å². The molecule has 2 atom stereocenters. The zero-order chi connectivity index (χ0) is 20.1. The van der Waals surface area contributed by atoms with Gasteiger partial charge in [0.25, 0.3) is 5.91 Å². The van der Waals surface area contributed by atoms with Crippen molar-refractivity contribution in [3.63, 3.8) is 0 Å². The van der Waals surface area contributed by atoms with Crippen LogP contribution in [0, 0.1) is 25.6 Å². The van der Waals surface area contributed by atoms with Crippen molar-refractivity contribution in [3.8, 4) is 11.5 Å². The first-order valence-electron chi connectivity index (χ1n) is 10.5. The molecule has 5 heteroatoms. The second-order valence-electron chi connectivity index (χ2n) is 8.73. The van der Waals surface area contributed by atoms with E-state index in [1.807, 2.05) is 4.90 Å². The molecule has 1 aliphatic carbocycles. The lowest BCUT2D eigenvalue weighted by Gasteiger charge is -2.22. The van der Waals surface area contributed by atoms with E-state index in [0.29, 0.717) is 37.0 Å². The van der Waals surface area contributed by atoms with Crippen LogP contribution in [0.25, 0.3) is 0 Å². The summed E-state index contributed by atoms with van der Waals surface area (Å²) in [4.78, 5) is 15.3. The molecular formula is C24H26FNO3. The number of ether oxygens (including phenoxy) is 2. The van der Waals surface area contributed by atoms with Crippen molar-refractivity contribution in [3.05, 3.63) is 58.4 Å². The van der Waals surface area contributed by atoms with Gasteiger partial charge < -0.3 is 14.4 Å². The number of benzene rings is 2. The van der Waals surface area contributed by atoms with Crippen LogP contribution < -0.4 is 9.47 Å². The van der Waals surface area contributed by atoms with Crippen molar-refractivity contribution in [2.75, 3.05) is 19.8 Å². The Bertz CT molecular complexity index is 952. The van der Waals surface area contributed by atoms with Gasteiger partial charge in [0.05, 0.1) is 12.6 Å². The lowest BCUT2D eigenvalue weighted by molar-refractivity contribution is 0.0721. The Labute approximate surface area is 170 Å². The monoisotopic (exact) mass is 395 g/mol. The number of fused-ring (bicyclic) bond motifs is 2. The predicted molar refractivity (Wildman–Crippen MR) is 108 cm³/mol. The topological polar surface area (TPSA) is 38.8 Å². The first-order chi connectivity index (χ1) is 14.0. The van der Waals surface area contributed by atoms with E-state index in [-0.39, 0.29) is 29.2 Å². The van der Waals surface area contributed by atoms with Gasteiger partial charge in [0.15, 0.2) is 11.6 Å². The molecule has 0 spiro atoms. The predicted octanol–water partition coefficient (Wildman–Crippen LogP) is 4.62. The average Bonchev–Trinajstić information content (AvgIpc) is 3.46. The van der Waals surface area contributed by atoms with Crippen LogP contribution in [0.15, 0.2) is 30.3 Å². The highest BCUT2D eigenvalue weighted by Crippen LogP contribution is 2.42. The van der Waals surface area contributed by atoms with Gasteiger partial charge in [-0.05, 0) is 56.2 Å². The van der Waals surface area contributed by atoms with Gasteiger partial charge in [-0.3, -0.25) is 4.79 Å². The van der Waals surface area contributed by atoms with E-state index in [9.17, 15) is 9.18 Å². The van der Waals surface area contributed by atoms with Gasteiger partial charge in [-0.25, -0.2) is 4.39 Å². The third kappa shape index (κ3) is 3.37. The first-order valence-corrected chi connectivity index (χ1v) is 10.5. The summed E-state index contributed by atoms with van der Waals surface area (Å²) >= 11 is 0. The molecule has 152 valence electrons. The molecule has 5 rings (SSSR count). The molecule has 2 aliphatic heterocycles. The van der Waals surface area contributed by atoms with Gasteiger partial charge in [-0.1, -0.05) is 29.8 Å².